The van der Waals surface area contributed by atoms with Crippen molar-refractivity contribution in [1.29, 1.82) is 0 Å². The summed E-state index contributed by atoms with van der Waals surface area (Å²) in [5, 5.41) is 12.7. The van der Waals surface area contributed by atoms with Crippen LogP contribution >= 0.6 is 0 Å². The van der Waals surface area contributed by atoms with Crippen LogP contribution in [-0.2, 0) is 6.42 Å². The summed E-state index contributed by atoms with van der Waals surface area (Å²) in [5.74, 6) is 1.31. The highest BCUT2D eigenvalue weighted by atomic mass is 16.5. The minimum Gasteiger partial charge on any atom is -0.396 e. The highest BCUT2D eigenvalue weighted by Crippen LogP contribution is 2.29. The topological polar surface area (TPSA) is 62.4 Å². The summed E-state index contributed by atoms with van der Waals surface area (Å²) in [4.78, 5) is 6.66. The molecule has 1 N–H and O–H groups in total. The number of aliphatic hydroxyl groups excluding tert-OH is 1. The smallest absolute Gasteiger partial charge is 0.229 e. The van der Waals surface area contributed by atoms with Crippen molar-refractivity contribution < 1.29 is 9.63 Å². The van der Waals surface area contributed by atoms with E-state index in [9.17, 15) is 0 Å². The van der Waals surface area contributed by atoms with Crippen LogP contribution in [0.25, 0.3) is 0 Å². The second-order valence-corrected chi connectivity index (χ2v) is 3.81. The molecular weight excluding hydrogens is 194 g/mol. The molecule has 0 aliphatic carbocycles. The molecule has 0 aromatic carbocycles. The standard InChI is InChI=1S/C10H17N3O2/c1-2-13-6-3-4-8(13)10-11-9(5-7-14)15-12-10/h8,14H,2-7H2,1H3. The van der Waals surface area contributed by atoms with Crippen LogP contribution < -0.4 is 0 Å². The molecule has 2 heterocycles. The first-order valence-corrected chi connectivity index (χ1v) is 5.52. The third-order valence-corrected chi connectivity index (χ3v) is 2.88. The summed E-state index contributed by atoms with van der Waals surface area (Å²) in [6.45, 7) is 4.34. The molecule has 5 nitrogen and oxygen atoms in total. The summed E-state index contributed by atoms with van der Waals surface area (Å²) < 4.78 is 5.06. The predicted octanol–water partition coefficient (Wildman–Crippen LogP) is 0.761. The number of rotatable bonds is 4. The molecule has 0 spiro atoms. The van der Waals surface area contributed by atoms with E-state index in [1.54, 1.807) is 0 Å². The molecule has 5 heteroatoms. The second-order valence-electron chi connectivity index (χ2n) is 3.81. The van der Waals surface area contributed by atoms with Gasteiger partial charge in [-0.05, 0) is 25.9 Å². The Bertz CT molecular complexity index is 313. The quantitative estimate of drug-likeness (QED) is 0.796. The lowest BCUT2D eigenvalue weighted by Crippen LogP contribution is -2.23. The first-order chi connectivity index (χ1) is 7.35. The van der Waals surface area contributed by atoms with E-state index < -0.39 is 0 Å². The molecule has 1 saturated heterocycles. The molecule has 0 saturated carbocycles. The third kappa shape index (κ3) is 2.18. The Morgan fingerprint density at radius 3 is 3.20 bits per heavy atom. The lowest BCUT2D eigenvalue weighted by Gasteiger charge is -2.18. The van der Waals surface area contributed by atoms with Crippen molar-refractivity contribution in [1.82, 2.24) is 15.0 Å². The number of aromatic nitrogens is 2. The van der Waals surface area contributed by atoms with E-state index in [-0.39, 0.29) is 6.61 Å². The van der Waals surface area contributed by atoms with Crippen LogP contribution in [0.1, 0.15) is 37.5 Å². The van der Waals surface area contributed by atoms with Crippen molar-refractivity contribution in [2.24, 2.45) is 0 Å². The van der Waals surface area contributed by atoms with E-state index in [2.05, 4.69) is 22.0 Å². The zero-order chi connectivity index (χ0) is 10.7. The third-order valence-electron chi connectivity index (χ3n) is 2.88. The fraction of sp³-hybridized carbons (Fsp3) is 0.800. The maximum absolute atomic E-state index is 8.75. The predicted molar refractivity (Wildman–Crippen MR) is 54.3 cm³/mol. The Morgan fingerprint density at radius 1 is 1.60 bits per heavy atom. The summed E-state index contributed by atoms with van der Waals surface area (Å²) in [6, 6.07) is 0.311. The molecular formula is C10H17N3O2. The first kappa shape index (κ1) is 10.6. The Labute approximate surface area is 89.1 Å². The summed E-state index contributed by atoms with van der Waals surface area (Å²) in [7, 11) is 0. The van der Waals surface area contributed by atoms with Gasteiger partial charge in [-0.1, -0.05) is 12.1 Å². The van der Waals surface area contributed by atoms with Gasteiger partial charge in [-0.15, -0.1) is 0 Å². The number of likely N-dealkylation sites (tertiary alicyclic amines) is 1. The lowest BCUT2D eigenvalue weighted by atomic mass is 10.2. The molecule has 0 bridgehead atoms. The minimum atomic E-state index is 0.0593. The van der Waals surface area contributed by atoms with E-state index in [1.807, 2.05) is 0 Å². The van der Waals surface area contributed by atoms with Crippen molar-refractivity contribution in [2.45, 2.75) is 32.2 Å². The van der Waals surface area contributed by atoms with Crippen LogP contribution in [0.4, 0.5) is 0 Å². The highest BCUT2D eigenvalue weighted by Gasteiger charge is 2.28. The Balaban J connectivity index is 2.07. The fourth-order valence-corrected chi connectivity index (χ4v) is 2.10. The molecule has 1 aliphatic heterocycles. The average molecular weight is 211 g/mol. The second kappa shape index (κ2) is 4.72. The van der Waals surface area contributed by atoms with E-state index in [4.69, 9.17) is 9.63 Å². The number of nitrogens with zero attached hydrogens (tertiary/aromatic N) is 3. The number of hydrogen-bond acceptors (Lipinski definition) is 5. The molecule has 0 radical (unpaired) electrons. The monoisotopic (exact) mass is 211 g/mol. The molecule has 1 fully saturated rings. The highest BCUT2D eigenvalue weighted by molar-refractivity contribution is 4.98. The summed E-state index contributed by atoms with van der Waals surface area (Å²) >= 11 is 0. The first-order valence-electron chi connectivity index (χ1n) is 5.52. The van der Waals surface area contributed by atoms with Crippen LogP contribution in [0.15, 0.2) is 4.52 Å². The van der Waals surface area contributed by atoms with Crippen molar-refractivity contribution >= 4 is 0 Å². The van der Waals surface area contributed by atoms with Crippen LogP contribution in [0.3, 0.4) is 0 Å². The van der Waals surface area contributed by atoms with Gasteiger partial charge in [0.25, 0.3) is 0 Å². The van der Waals surface area contributed by atoms with Gasteiger partial charge < -0.3 is 9.63 Å². The Hall–Kier alpha value is -0.940. The van der Waals surface area contributed by atoms with E-state index in [0.717, 1.165) is 25.3 Å². The summed E-state index contributed by atoms with van der Waals surface area (Å²) in [6.07, 6.45) is 2.75. The van der Waals surface area contributed by atoms with Gasteiger partial charge in [-0.3, -0.25) is 4.90 Å². The number of aliphatic hydroxyl groups is 1. The summed E-state index contributed by atoms with van der Waals surface area (Å²) in [5.41, 5.74) is 0. The van der Waals surface area contributed by atoms with Crippen LogP contribution in [0.2, 0.25) is 0 Å². The van der Waals surface area contributed by atoms with Crippen molar-refractivity contribution in [2.75, 3.05) is 19.7 Å². The minimum absolute atomic E-state index is 0.0593. The zero-order valence-corrected chi connectivity index (χ0v) is 9.02. The van der Waals surface area contributed by atoms with Gasteiger partial charge in [0, 0.05) is 0 Å². The van der Waals surface area contributed by atoms with Gasteiger partial charge in [-0.2, -0.15) is 4.98 Å². The molecule has 1 aliphatic rings. The van der Waals surface area contributed by atoms with Gasteiger partial charge in [0.05, 0.1) is 19.1 Å². The van der Waals surface area contributed by atoms with Gasteiger partial charge in [0.1, 0.15) is 0 Å². The SMILES string of the molecule is CCN1CCCC1c1noc(CCO)n1. The van der Waals surface area contributed by atoms with Gasteiger partial charge in [-0.25, -0.2) is 0 Å². The molecule has 15 heavy (non-hydrogen) atoms. The fourth-order valence-electron chi connectivity index (χ4n) is 2.10. The largest absolute Gasteiger partial charge is 0.396 e. The number of hydrogen-bond donors (Lipinski definition) is 1. The Morgan fingerprint density at radius 2 is 2.47 bits per heavy atom. The zero-order valence-electron chi connectivity index (χ0n) is 9.02. The normalized spacial score (nSPS) is 22.4. The van der Waals surface area contributed by atoms with Crippen molar-refractivity contribution in [3.05, 3.63) is 11.7 Å². The molecule has 1 atom stereocenters. The average Bonchev–Trinajstić information content (AvgIpc) is 2.84. The van der Waals surface area contributed by atoms with E-state index >= 15 is 0 Å². The van der Waals surface area contributed by atoms with E-state index in [0.29, 0.717) is 18.4 Å². The van der Waals surface area contributed by atoms with Crippen LogP contribution in [0.5, 0.6) is 0 Å². The van der Waals surface area contributed by atoms with Gasteiger partial charge in [0.15, 0.2) is 5.82 Å². The maximum atomic E-state index is 8.75. The van der Waals surface area contributed by atoms with E-state index in [1.165, 1.54) is 6.42 Å². The molecule has 84 valence electrons. The molecule has 1 unspecified atom stereocenters. The molecule has 2 rings (SSSR count). The Kier molecular flexibility index (Phi) is 3.33. The van der Waals surface area contributed by atoms with Crippen molar-refractivity contribution in [3.8, 4) is 0 Å². The lowest BCUT2D eigenvalue weighted by molar-refractivity contribution is 0.252. The van der Waals surface area contributed by atoms with Crippen LogP contribution in [0, 0.1) is 0 Å². The van der Waals surface area contributed by atoms with Gasteiger partial charge in [0.2, 0.25) is 5.89 Å². The van der Waals surface area contributed by atoms with Crippen LogP contribution in [-0.4, -0.2) is 39.8 Å². The molecule has 1 aromatic rings. The van der Waals surface area contributed by atoms with Gasteiger partial charge >= 0.3 is 0 Å². The van der Waals surface area contributed by atoms with Crippen molar-refractivity contribution in [3.63, 3.8) is 0 Å². The molecule has 0 amide bonds. The maximum Gasteiger partial charge on any atom is 0.229 e. The molecule has 1 aromatic heterocycles.